The molecular formula is C24H30N8O4. The molecule has 0 saturated heterocycles. The van der Waals surface area contributed by atoms with E-state index in [0.717, 1.165) is 6.42 Å². The van der Waals surface area contributed by atoms with Crippen LogP contribution >= 0.6 is 0 Å². The van der Waals surface area contributed by atoms with Crippen molar-refractivity contribution in [2.45, 2.75) is 6.42 Å². The van der Waals surface area contributed by atoms with E-state index in [1.165, 1.54) is 0 Å². The van der Waals surface area contributed by atoms with Gasteiger partial charge in [0.05, 0.1) is 39.5 Å². The predicted octanol–water partition coefficient (Wildman–Crippen LogP) is 2.71. The third-order valence-corrected chi connectivity index (χ3v) is 5.74. The number of methoxy groups -OCH3 is 4. The molecule has 12 heteroatoms. The predicted molar refractivity (Wildman–Crippen MR) is 140 cm³/mol. The lowest BCUT2D eigenvalue weighted by atomic mass is 10.2. The van der Waals surface area contributed by atoms with Gasteiger partial charge < -0.3 is 40.6 Å². The summed E-state index contributed by atoms with van der Waals surface area (Å²) < 4.78 is 21.4. The van der Waals surface area contributed by atoms with Crippen LogP contribution in [-0.4, -0.2) is 68.5 Å². The molecule has 2 aromatic heterocycles. The zero-order chi connectivity index (χ0) is 25.8. The molecule has 0 amide bonds. The minimum absolute atomic E-state index is 0.354. The first kappa shape index (κ1) is 24.6. The van der Waals surface area contributed by atoms with Crippen molar-refractivity contribution in [2.24, 2.45) is 0 Å². The van der Waals surface area contributed by atoms with E-state index in [0.29, 0.717) is 81.4 Å². The van der Waals surface area contributed by atoms with Gasteiger partial charge in [-0.2, -0.15) is 9.97 Å². The first-order valence-electron chi connectivity index (χ1n) is 11.2. The number of nitrogens with two attached hydrogens (primary N) is 2. The van der Waals surface area contributed by atoms with E-state index in [-0.39, 0.29) is 0 Å². The molecule has 4 aromatic rings. The van der Waals surface area contributed by atoms with E-state index in [1.54, 1.807) is 52.7 Å². The Hall–Kier alpha value is -4.48. The molecule has 0 spiro atoms. The van der Waals surface area contributed by atoms with Gasteiger partial charge in [-0.15, -0.1) is 0 Å². The highest BCUT2D eigenvalue weighted by Gasteiger charge is 2.14. The molecule has 0 atom stereocenters. The highest BCUT2D eigenvalue weighted by molar-refractivity contribution is 5.92. The van der Waals surface area contributed by atoms with Crippen molar-refractivity contribution in [3.63, 3.8) is 0 Å². The topological polar surface area (TPSA) is 156 Å². The maximum Gasteiger partial charge on any atom is 0.227 e. The maximum absolute atomic E-state index is 6.21. The zero-order valence-corrected chi connectivity index (χ0v) is 21.0. The minimum Gasteiger partial charge on any atom is -0.493 e. The van der Waals surface area contributed by atoms with Crippen LogP contribution in [0.25, 0.3) is 21.8 Å². The summed E-state index contributed by atoms with van der Waals surface area (Å²) >= 11 is 0. The number of fused-ring (bicyclic) bond motifs is 2. The van der Waals surface area contributed by atoms with Crippen LogP contribution in [0, 0.1) is 0 Å². The number of ether oxygens (including phenoxy) is 4. The molecule has 5 N–H and O–H groups in total. The lowest BCUT2D eigenvalue weighted by molar-refractivity contribution is 0.356. The number of nitrogens with zero attached hydrogens (tertiary/aromatic N) is 5. The summed E-state index contributed by atoms with van der Waals surface area (Å²) in [5.74, 6) is 3.95. The molecule has 0 aliphatic carbocycles. The number of nitrogen functional groups attached to an aromatic ring is 2. The van der Waals surface area contributed by atoms with Crippen molar-refractivity contribution in [1.82, 2.24) is 19.9 Å². The van der Waals surface area contributed by atoms with E-state index in [1.807, 2.05) is 11.9 Å². The van der Waals surface area contributed by atoms with Crippen molar-refractivity contribution in [2.75, 3.05) is 70.3 Å². The Bertz CT molecular complexity index is 1400. The number of hydrogen-bond acceptors (Lipinski definition) is 12. The molecular weight excluding hydrogens is 464 g/mol. The molecule has 0 bridgehead atoms. The fourth-order valence-corrected chi connectivity index (χ4v) is 3.81. The van der Waals surface area contributed by atoms with Gasteiger partial charge in [0, 0.05) is 43.0 Å². The van der Waals surface area contributed by atoms with E-state index >= 15 is 0 Å². The maximum atomic E-state index is 6.21. The Kier molecular flexibility index (Phi) is 7.13. The van der Waals surface area contributed by atoms with Gasteiger partial charge in [0.15, 0.2) is 23.0 Å². The summed E-state index contributed by atoms with van der Waals surface area (Å²) in [5.41, 5.74) is 13.7. The summed E-state index contributed by atoms with van der Waals surface area (Å²) in [4.78, 5) is 20.0. The summed E-state index contributed by atoms with van der Waals surface area (Å²) in [7, 11) is 8.20. The van der Waals surface area contributed by atoms with Crippen molar-refractivity contribution >= 4 is 45.3 Å². The molecule has 0 unspecified atom stereocenters. The van der Waals surface area contributed by atoms with Crippen LogP contribution < -0.4 is 40.6 Å². The van der Waals surface area contributed by atoms with Crippen LogP contribution in [0.15, 0.2) is 24.3 Å². The number of anilines is 4. The average molecular weight is 495 g/mol. The Morgan fingerprint density at radius 2 is 1.22 bits per heavy atom. The van der Waals surface area contributed by atoms with Gasteiger partial charge in [0.25, 0.3) is 0 Å². The van der Waals surface area contributed by atoms with Crippen LogP contribution in [0.1, 0.15) is 6.42 Å². The molecule has 36 heavy (non-hydrogen) atoms. The Labute approximate surface area is 208 Å². The molecule has 0 aliphatic heterocycles. The second-order valence-electron chi connectivity index (χ2n) is 7.99. The van der Waals surface area contributed by atoms with Gasteiger partial charge >= 0.3 is 0 Å². The monoisotopic (exact) mass is 494 g/mol. The largest absolute Gasteiger partial charge is 0.493 e. The SMILES string of the molecule is COc1cc2nc(NCCCN(C)c3nc(N)c4cc(OC)c(OC)cc4n3)nc(N)c2cc1OC. The number of rotatable bonds is 10. The number of nitrogens with one attached hydrogen (secondary N) is 1. The summed E-state index contributed by atoms with van der Waals surface area (Å²) in [5, 5.41) is 4.62. The molecule has 190 valence electrons. The smallest absolute Gasteiger partial charge is 0.227 e. The van der Waals surface area contributed by atoms with Crippen LogP contribution in [-0.2, 0) is 0 Å². The van der Waals surface area contributed by atoms with Crippen LogP contribution in [0.4, 0.5) is 23.5 Å². The average Bonchev–Trinajstić information content (AvgIpc) is 2.89. The number of aromatic nitrogens is 4. The van der Waals surface area contributed by atoms with E-state index in [2.05, 4.69) is 25.3 Å². The minimum atomic E-state index is 0.354. The molecule has 0 saturated carbocycles. The third kappa shape index (κ3) is 4.83. The molecule has 2 heterocycles. The van der Waals surface area contributed by atoms with Crippen molar-refractivity contribution in [1.29, 1.82) is 0 Å². The Morgan fingerprint density at radius 1 is 0.722 bits per heavy atom. The lowest BCUT2D eigenvalue weighted by Crippen LogP contribution is -2.23. The van der Waals surface area contributed by atoms with Gasteiger partial charge in [-0.1, -0.05) is 0 Å². The van der Waals surface area contributed by atoms with E-state index in [4.69, 9.17) is 30.4 Å². The summed E-state index contributed by atoms with van der Waals surface area (Å²) in [6, 6.07) is 7.11. The fraction of sp³-hybridized carbons (Fsp3) is 0.333. The van der Waals surface area contributed by atoms with Crippen LogP contribution in [0.5, 0.6) is 23.0 Å². The van der Waals surface area contributed by atoms with Crippen molar-refractivity contribution in [3.05, 3.63) is 24.3 Å². The molecule has 2 aromatic carbocycles. The van der Waals surface area contributed by atoms with Crippen LogP contribution in [0.2, 0.25) is 0 Å². The standard InChI is InChI=1S/C24H30N8O4/c1-32(24-29-16-12-20(36-5)18(34-3)10-14(16)22(26)31-24)8-6-7-27-23-28-15-11-19(35-4)17(33-2)9-13(15)21(25)30-23/h9-12H,6-8H2,1-5H3,(H2,26,29,31)(H3,25,27,28,30). The van der Waals surface area contributed by atoms with Crippen molar-refractivity contribution in [3.8, 4) is 23.0 Å². The Balaban J connectivity index is 1.43. The molecule has 4 rings (SSSR count). The Morgan fingerprint density at radius 3 is 1.78 bits per heavy atom. The normalized spacial score (nSPS) is 10.9. The number of benzene rings is 2. The third-order valence-electron chi connectivity index (χ3n) is 5.74. The lowest BCUT2D eigenvalue weighted by Gasteiger charge is -2.19. The van der Waals surface area contributed by atoms with Crippen molar-refractivity contribution < 1.29 is 18.9 Å². The van der Waals surface area contributed by atoms with E-state index in [9.17, 15) is 0 Å². The molecule has 0 aliphatic rings. The first-order chi connectivity index (χ1) is 17.4. The summed E-state index contributed by atoms with van der Waals surface area (Å²) in [6.45, 7) is 1.27. The molecule has 0 fully saturated rings. The first-order valence-corrected chi connectivity index (χ1v) is 11.2. The highest BCUT2D eigenvalue weighted by atomic mass is 16.5. The summed E-state index contributed by atoms with van der Waals surface area (Å²) in [6.07, 6.45) is 0.761. The molecule has 12 nitrogen and oxygen atoms in total. The number of hydrogen-bond donors (Lipinski definition) is 3. The van der Waals surface area contributed by atoms with E-state index < -0.39 is 0 Å². The van der Waals surface area contributed by atoms with Gasteiger partial charge in [-0.3, -0.25) is 0 Å². The van der Waals surface area contributed by atoms with Gasteiger partial charge in [-0.25, -0.2) is 9.97 Å². The highest BCUT2D eigenvalue weighted by Crippen LogP contribution is 2.35. The van der Waals surface area contributed by atoms with Gasteiger partial charge in [0.1, 0.15) is 11.6 Å². The second-order valence-corrected chi connectivity index (χ2v) is 7.99. The van der Waals surface area contributed by atoms with Gasteiger partial charge in [-0.05, 0) is 18.6 Å². The van der Waals surface area contributed by atoms with Gasteiger partial charge in [0.2, 0.25) is 11.9 Å². The zero-order valence-electron chi connectivity index (χ0n) is 21.0. The fourth-order valence-electron chi connectivity index (χ4n) is 3.81. The second kappa shape index (κ2) is 10.4. The molecule has 0 radical (unpaired) electrons. The quantitative estimate of drug-likeness (QED) is 0.277. The van der Waals surface area contributed by atoms with Crippen LogP contribution in [0.3, 0.4) is 0 Å².